The topological polar surface area (TPSA) is 59.3 Å². The molecule has 0 aromatic rings. The van der Waals surface area contributed by atoms with Crippen LogP contribution in [0.1, 0.15) is 33.6 Å². The first-order valence-corrected chi connectivity index (χ1v) is 4.70. The lowest BCUT2D eigenvalue weighted by Crippen LogP contribution is -1.95. The number of esters is 1. The van der Waals surface area contributed by atoms with Crippen LogP contribution >= 0.6 is 0 Å². The number of nitrogens with zero attached hydrogens (tertiary/aromatic N) is 1. The molecule has 1 fully saturated rings. The average molecular weight is 201 g/mol. The maximum atomic E-state index is 9.82. The lowest BCUT2D eigenvalue weighted by molar-refractivity contribution is -0.140. The highest BCUT2D eigenvalue weighted by Gasteiger charge is 1.94. The van der Waals surface area contributed by atoms with Gasteiger partial charge in [0, 0.05) is 27.1 Å². The van der Waals surface area contributed by atoms with Crippen LogP contribution in [0.15, 0.2) is 0 Å². The van der Waals surface area contributed by atoms with Gasteiger partial charge in [0.15, 0.2) is 0 Å². The molecule has 0 bridgehead atoms. The van der Waals surface area contributed by atoms with Crippen molar-refractivity contribution in [3.63, 3.8) is 0 Å². The van der Waals surface area contributed by atoms with Gasteiger partial charge >= 0.3 is 5.97 Å². The first-order chi connectivity index (χ1) is 6.68. The van der Waals surface area contributed by atoms with Gasteiger partial charge in [-0.3, -0.25) is 4.79 Å². The van der Waals surface area contributed by atoms with Crippen LogP contribution in [-0.4, -0.2) is 25.8 Å². The van der Waals surface area contributed by atoms with Gasteiger partial charge in [-0.1, -0.05) is 0 Å². The Morgan fingerprint density at radius 1 is 1.50 bits per heavy atom. The minimum atomic E-state index is -0.211. The molecule has 82 valence electrons. The lowest BCUT2D eigenvalue weighted by atomic mass is 10.4. The second-order valence-electron chi connectivity index (χ2n) is 2.47. The Kier molecular flexibility index (Phi) is 15.9. The van der Waals surface area contributed by atoms with E-state index in [9.17, 15) is 4.79 Å². The lowest BCUT2D eigenvalue weighted by Gasteiger charge is -1.89. The van der Waals surface area contributed by atoms with Gasteiger partial charge in [0.2, 0.25) is 0 Å². The summed E-state index contributed by atoms with van der Waals surface area (Å²) in [6.45, 7) is 7.08. The van der Waals surface area contributed by atoms with Crippen LogP contribution in [-0.2, 0) is 14.3 Å². The van der Waals surface area contributed by atoms with E-state index in [4.69, 9.17) is 10.00 Å². The van der Waals surface area contributed by atoms with E-state index in [1.165, 1.54) is 26.7 Å². The highest BCUT2D eigenvalue weighted by molar-refractivity contribution is 5.65. The molecule has 0 unspecified atom stereocenters. The van der Waals surface area contributed by atoms with Crippen molar-refractivity contribution in [1.82, 2.24) is 0 Å². The minimum absolute atomic E-state index is 0.211. The van der Waals surface area contributed by atoms with Crippen LogP contribution in [0, 0.1) is 11.3 Å². The molecule has 1 aliphatic heterocycles. The third kappa shape index (κ3) is 22.4. The van der Waals surface area contributed by atoms with Crippen LogP contribution in [0.25, 0.3) is 0 Å². The summed E-state index contributed by atoms with van der Waals surface area (Å²) in [5.41, 5.74) is 0. The van der Waals surface area contributed by atoms with Crippen molar-refractivity contribution in [3.8, 4) is 6.07 Å². The molecule has 0 aliphatic carbocycles. The van der Waals surface area contributed by atoms with Crippen molar-refractivity contribution in [3.05, 3.63) is 0 Å². The van der Waals surface area contributed by atoms with Crippen LogP contribution in [0.3, 0.4) is 0 Å². The number of rotatable bonds is 1. The zero-order chi connectivity index (χ0) is 11.2. The molecular weight excluding hydrogens is 182 g/mol. The molecule has 1 heterocycles. The molecule has 4 nitrogen and oxygen atoms in total. The highest BCUT2D eigenvalue weighted by Crippen LogP contribution is 1.98. The maximum absolute atomic E-state index is 9.82. The van der Waals surface area contributed by atoms with Gasteiger partial charge in [0.1, 0.15) is 0 Å². The summed E-state index contributed by atoms with van der Waals surface area (Å²) in [5, 5.41) is 7.32. The molecule has 0 aromatic carbocycles. The fourth-order valence-corrected chi connectivity index (χ4v) is 0.714. The van der Waals surface area contributed by atoms with Crippen molar-refractivity contribution < 1.29 is 14.3 Å². The van der Waals surface area contributed by atoms with E-state index >= 15 is 0 Å². The molecule has 0 atom stereocenters. The Balaban J connectivity index is 0. The molecule has 1 aliphatic rings. The summed E-state index contributed by atoms with van der Waals surface area (Å²) < 4.78 is 9.35. The van der Waals surface area contributed by atoms with Crippen molar-refractivity contribution in [2.24, 2.45) is 0 Å². The highest BCUT2D eigenvalue weighted by atomic mass is 16.5. The predicted molar refractivity (Wildman–Crippen MR) is 53.6 cm³/mol. The summed E-state index contributed by atoms with van der Waals surface area (Å²) in [4.78, 5) is 9.82. The van der Waals surface area contributed by atoms with Crippen molar-refractivity contribution in [1.29, 1.82) is 5.26 Å². The Hall–Kier alpha value is -1.08. The first-order valence-electron chi connectivity index (χ1n) is 4.70. The summed E-state index contributed by atoms with van der Waals surface area (Å²) in [5.74, 6) is -0.211. The molecule has 0 amide bonds. The van der Waals surface area contributed by atoms with E-state index in [0.29, 0.717) is 6.61 Å². The second-order valence-corrected chi connectivity index (χ2v) is 2.47. The normalized spacial score (nSPS) is 12.4. The van der Waals surface area contributed by atoms with Crippen molar-refractivity contribution in [2.75, 3.05) is 19.8 Å². The molecule has 4 heteroatoms. The second kappa shape index (κ2) is 14.4. The monoisotopic (exact) mass is 201 g/mol. The number of hydrogen-bond donors (Lipinski definition) is 0. The van der Waals surface area contributed by atoms with E-state index in [0.717, 1.165) is 13.2 Å². The third-order valence-corrected chi connectivity index (χ3v) is 1.17. The van der Waals surface area contributed by atoms with Crippen LogP contribution in [0.5, 0.6) is 0 Å². The van der Waals surface area contributed by atoms with E-state index in [2.05, 4.69) is 4.74 Å². The summed E-state index contributed by atoms with van der Waals surface area (Å²) in [6, 6.07) is 1.75. The summed E-state index contributed by atoms with van der Waals surface area (Å²) in [6.07, 6.45) is 2.56. The number of ether oxygens (including phenoxy) is 2. The Labute approximate surface area is 85.8 Å². The van der Waals surface area contributed by atoms with Crippen LogP contribution in [0.4, 0.5) is 0 Å². The molecule has 1 rings (SSSR count). The van der Waals surface area contributed by atoms with E-state index < -0.39 is 0 Å². The van der Waals surface area contributed by atoms with Crippen LogP contribution in [0.2, 0.25) is 0 Å². The third-order valence-electron chi connectivity index (χ3n) is 1.17. The molecule has 0 aromatic heterocycles. The standard InChI is InChI=1S/C4H8O2.C4H8O.C2H3N/c1-3-6-4(2)5;1-2-4-5-3-1;1-2-3/h3H2,1-2H3;1-4H2;1H3. The van der Waals surface area contributed by atoms with Gasteiger partial charge in [-0.2, -0.15) is 5.26 Å². The maximum Gasteiger partial charge on any atom is 0.302 e. The number of hydrogen-bond acceptors (Lipinski definition) is 4. The molecular formula is C10H19NO3. The van der Waals surface area contributed by atoms with E-state index in [1.807, 2.05) is 0 Å². The molecule has 0 spiro atoms. The number of carbonyl (C=O) groups is 1. The van der Waals surface area contributed by atoms with E-state index in [-0.39, 0.29) is 5.97 Å². The zero-order valence-corrected chi connectivity index (χ0v) is 9.21. The van der Waals surface area contributed by atoms with Crippen molar-refractivity contribution in [2.45, 2.75) is 33.6 Å². The van der Waals surface area contributed by atoms with Gasteiger partial charge in [0.25, 0.3) is 0 Å². The first kappa shape index (κ1) is 15.4. The molecule has 0 radical (unpaired) electrons. The number of nitriles is 1. The average Bonchev–Trinajstić information content (AvgIpc) is 2.61. The summed E-state index contributed by atoms with van der Waals surface area (Å²) >= 11 is 0. The molecule has 14 heavy (non-hydrogen) atoms. The zero-order valence-electron chi connectivity index (χ0n) is 9.21. The van der Waals surface area contributed by atoms with Crippen LogP contribution < -0.4 is 0 Å². The molecule has 0 N–H and O–H groups in total. The Morgan fingerprint density at radius 2 is 1.93 bits per heavy atom. The van der Waals surface area contributed by atoms with E-state index in [1.54, 1.807) is 13.0 Å². The van der Waals surface area contributed by atoms with Gasteiger partial charge in [-0.25, -0.2) is 0 Å². The van der Waals surface area contributed by atoms with Crippen molar-refractivity contribution >= 4 is 5.97 Å². The largest absolute Gasteiger partial charge is 0.466 e. The summed E-state index contributed by atoms with van der Waals surface area (Å²) in [7, 11) is 0. The fraction of sp³-hybridized carbons (Fsp3) is 0.800. The Morgan fingerprint density at radius 3 is 2.00 bits per heavy atom. The quantitative estimate of drug-likeness (QED) is 0.608. The van der Waals surface area contributed by atoms with Gasteiger partial charge < -0.3 is 9.47 Å². The smallest absolute Gasteiger partial charge is 0.302 e. The fourth-order valence-electron chi connectivity index (χ4n) is 0.714. The minimum Gasteiger partial charge on any atom is -0.466 e. The van der Waals surface area contributed by atoms with Gasteiger partial charge in [0.05, 0.1) is 12.7 Å². The Bertz CT molecular complexity index is 152. The van der Waals surface area contributed by atoms with Gasteiger partial charge in [-0.15, -0.1) is 0 Å². The molecule has 1 saturated heterocycles. The SMILES string of the molecule is C1CCOC1.CC#N.CCOC(C)=O. The molecule has 0 saturated carbocycles. The van der Waals surface area contributed by atoms with Gasteiger partial charge in [-0.05, 0) is 19.8 Å². The predicted octanol–water partition coefficient (Wildman–Crippen LogP) is 1.90. The number of carbonyl (C=O) groups excluding carboxylic acids is 1.